The van der Waals surface area contributed by atoms with Gasteiger partial charge in [0.1, 0.15) is 12.4 Å². The molecule has 5 heteroatoms. The van der Waals surface area contributed by atoms with E-state index in [4.69, 9.17) is 15.2 Å². The molecular weight excluding hydrogens is 376 g/mol. The molecule has 0 amide bonds. The van der Waals surface area contributed by atoms with Crippen LogP contribution in [0, 0.1) is 0 Å². The fraction of sp³-hybridized carbons (Fsp3) is 0.240. The van der Waals surface area contributed by atoms with Crippen molar-refractivity contribution >= 4 is 17.2 Å². The lowest BCUT2D eigenvalue weighted by Gasteiger charge is -2.22. The first kappa shape index (κ1) is 22.8. The quantitative estimate of drug-likeness (QED) is 0.408. The van der Waals surface area contributed by atoms with E-state index < -0.39 is 0 Å². The molecule has 1 heterocycles. The van der Waals surface area contributed by atoms with Crippen molar-refractivity contribution in [2.24, 2.45) is 0 Å². The van der Waals surface area contributed by atoms with E-state index in [1.54, 1.807) is 6.92 Å². The van der Waals surface area contributed by atoms with Gasteiger partial charge in [-0.05, 0) is 54.5 Å². The second kappa shape index (κ2) is 11.5. The molecule has 1 aliphatic rings. The maximum Gasteiger partial charge on any atom is 0.340 e. The molecule has 5 nitrogen and oxygen atoms in total. The number of nitrogen functional groups attached to an aromatic ring is 1. The van der Waals surface area contributed by atoms with Gasteiger partial charge in [0.2, 0.25) is 0 Å². The van der Waals surface area contributed by atoms with Gasteiger partial charge < -0.3 is 20.1 Å². The Morgan fingerprint density at radius 2 is 1.80 bits per heavy atom. The van der Waals surface area contributed by atoms with Crippen LogP contribution in [0.25, 0.3) is 5.57 Å². The lowest BCUT2D eigenvalue weighted by atomic mass is 10.0. The van der Waals surface area contributed by atoms with Crippen molar-refractivity contribution in [2.75, 3.05) is 19.4 Å². The molecule has 3 rings (SSSR count). The summed E-state index contributed by atoms with van der Waals surface area (Å²) in [5.41, 5.74) is 9.59. The van der Waals surface area contributed by atoms with Gasteiger partial charge >= 0.3 is 5.97 Å². The molecule has 0 atom stereocenters. The first-order valence-electron chi connectivity index (χ1n) is 10.1. The summed E-state index contributed by atoms with van der Waals surface area (Å²) in [5, 5.41) is 0. The highest BCUT2D eigenvalue weighted by atomic mass is 16.5. The predicted octanol–water partition coefficient (Wildman–Crippen LogP) is 5.16. The number of likely N-dealkylation sites (N-methyl/N-ethyl adjacent to an activating group) is 1. The zero-order valence-electron chi connectivity index (χ0n) is 18.1. The number of nitrogens with zero attached hydrogens (tertiary/aromatic N) is 1. The van der Waals surface area contributed by atoms with Crippen LogP contribution in [0.15, 0.2) is 78.7 Å². The monoisotopic (exact) mass is 406 g/mol. The van der Waals surface area contributed by atoms with Crippen molar-refractivity contribution in [3.8, 4) is 5.75 Å². The third-order valence-electron chi connectivity index (χ3n) is 4.29. The molecule has 2 N–H and O–H groups in total. The van der Waals surface area contributed by atoms with E-state index in [0.29, 0.717) is 30.2 Å². The highest BCUT2D eigenvalue weighted by Crippen LogP contribution is 2.27. The molecule has 1 aliphatic heterocycles. The van der Waals surface area contributed by atoms with E-state index in [2.05, 4.69) is 0 Å². The van der Waals surface area contributed by atoms with E-state index >= 15 is 0 Å². The molecule has 0 spiro atoms. The molecular formula is C25H30N2O3. The number of hydrogen-bond donors (Lipinski definition) is 1. The second-order valence-electron chi connectivity index (χ2n) is 6.35. The molecule has 0 aliphatic carbocycles. The van der Waals surface area contributed by atoms with Crippen molar-refractivity contribution in [2.45, 2.75) is 27.4 Å². The minimum atomic E-state index is -0.349. The molecule has 158 valence electrons. The Morgan fingerprint density at radius 3 is 2.43 bits per heavy atom. The van der Waals surface area contributed by atoms with Gasteiger partial charge in [-0.2, -0.15) is 0 Å². The number of ether oxygens (including phenoxy) is 2. The summed E-state index contributed by atoms with van der Waals surface area (Å²) < 4.78 is 11.1. The molecule has 0 unspecified atom stereocenters. The summed E-state index contributed by atoms with van der Waals surface area (Å²) in [4.78, 5) is 14.5. The van der Waals surface area contributed by atoms with Gasteiger partial charge in [0, 0.05) is 18.9 Å². The van der Waals surface area contributed by atoms with Crippen LogP contribution in [-0.4, -0.2) is 24.5 Å². The number of allylic oxidation sites excluding steroid dienone is 3. The number of benzene rings is 2. The van der Waals surface area contributed by atoms with E-state index in [1.165, 1.54) is 0 Å². The lowest BCUT2D eigenvalue weighted by Crippen LogP contribution is -2.18. The number of anilines is 1. The van der Waals surface area contributed by atoms with E-state index in [-0.39, 0.29) is 5.97 Å². The maximum atomic E-state index is 12.6. The summed E-state index contributed by atoms with van der Waals surface area (Å²) >= 11 is 0. The van der Waals surface area contributed by atoms with E-state index in [0.717, 1.165) is 16.8 Å². The molecule has 2 aromatic rings. The van der Waals surface area contributed by atoms with Crippen LogP contribution in [0.2, 0.25) is 0 Å². The first-order valence-corrected chi connectivity index (χ1v) is 10.1. The number of nitrogens with two attached hydrogens (primary N) is 1. The summed E-state index contributed by atoms with van der Waals surface area (Å²) in [6.45, 7) is 6.54. The highest BCUT2D eigenvalue weighted by Gasteiger charge is 2.20. The van der Waals surface area contributed by atoms with E-state index in [1.807, 2.05) is 98.8 Å². The third-order valence-corrected chi connectivity index (χ3v) is 4.29. The second-order valence-corrected chi connectivity index (χ2v) is 6.35. The molecule has 0 saturated carbocycles. The predicted molar refractivity (Wildman–Crippen MR) is 123 cm³/mol. The summed E-state index contributed by atoms with van der Waals surface area (Å²) in [6, 6.07) is 15.0. The van der Waals surface area contributed by atoms with Crippen molar-refractivity contribution in [1.29, 1.82) is 0 Å². The largest absolute Gasteiger partial charge is 0.489 e. The van der Waals surface area contributed by atoms with Gasteiger partial charge in [-0.15, -0.1) is 0 Å². The molecule has 0 fully saturated rings. The smallest absolute Gasteiger partial charge is 0.340 e. The summed E-state index contributed by atoms with van der Waals surface area (Å²) in [6.07, 6.45) is 7.62. The van der Waals surface area contributed by atoms with Crippen molar-refractivity contribution in [1.82, 2.24) is 4.90 Å². The van der Waals surface area contributed by atoms with Crippen LogP contribution in [0.3, 0.4) is 0 Å². The lowest BCUT2D eigenvalue weighted by molar-refractivity contribution is -0.136. The molecule has 0 radical (unpaired) electrons. The third kappa shape index (κ3) is 6.01. The molecule has 30 heavy (non-hydrogen) atoms. The van der Waals surface area contributed by atoms with Crippen LogP contribution < -0.4 is 10.5 Å². The Kier molecular flexibility index (Phi) is 8.75. The zero-order valence-corrected chi connectivity index (χ0v) is 18.1. The highest BCUT2D eigenvalue weighted by molar-refractivity contribution is 6.18. The van der Waals surface area contributed by atoms with Gasteiger partial charge in [-0.25, -0.2) is 4.79 Å². The van der Waals surface area contributed by atoms with Crippen molar-refractivity contribution in [3.05, 3.63) is 89.8 Å². The van der Waals surface area contributed by atoms with Gasteiger partial charge in [-0.3, -0.25) is 0 Å². The van der Waals surface area contributed by atoms with Crippen LogP contribution >= 0.6 is 0 Å². The molecule has 0 saturated heterocycles. The molecule has 0 aromatic heterocycles. The van der Waals surface area contributed by atoms with Crippen LogP contribution in [-0.2, 0) is 16.1 Å². The Morgan fingerprint density at radius 1 is 1.07 bits per heavy atom. The SMILES string of the molecule is CC.CCOC(=O)/C(=C1\C=CC=CN1C)c1ccc(OCc2cccc(N)c2)cc1. The van der Waals surface area contributed by atoms with Crippen molar-refractivity contribution < 1.29 is 14.3 Å². The number of rotatable bonds is 6. The van der Waals surface area contributed by atoms with Gasteiger partial charge in [0.05, 0.1) is 17.9 Å². The number of hydrogen-bond acceptors (Lipinski definition) is 5. The fourth-order valence-electron chi connectivity index (χ4n) is 2.92. The van der Waals surface area contributed by atoms with E-state index in [9.17, 15) is 4.79 Å². The van der Waals surface area contributed by atoms with Crippen LogP contribution in [0.5, 0.6) is 5.75 Å². The van der Waals surface area contributed by atoms with Crippen LogP contribution in [0.1, 0.15) is 31.9 Å². The van der Waals surface area contributed by atoms with Gasteiger partial charge in [-0.1, -0.05) is 44.2 Å². The molecule has 0 bridgehead atoms. The molecule has 2 aromatic carbocycles. The minimum absolute atomic E-state index is 0.320. The topological polar surface area (TPSA) is 64.8 Å². The zero-order chi connectivity index (χ0) is 21.9. The average molecular weight is 407 g/mol. The number of esters is 1. The summed E-state index contributed by atoms with van der Waals surface area (Å²) in [7, 11) is 1.90. The van der Waals surface area contributed by atoms with Gasteiger partial charge in [0.25, 0.3) is 0 Å². The van der Waals surface area contributed by atoms with Gasteiger partial charge in [0.15, 0.2) is 0 Å². The standard InChI is InChI=1S/C23H24N2O3.C2H6/c1-3-27-23(26)22(21-9-4-5-14-25(21)2)18-10-12-20(13-11-18)28-16-17-7-6-8-19(24)15-17;1-2/h4-15H,3,16,24H2,1-2H3;1-2H3/b22-21+;. The average Bonchev–Trinajstić information content (AvgIpc) is 2.76. The fourth-order valence-corrected chi connectivity index (χ4v) is 2.92. The first-order chi connectivity index (χ1) is 14.6. The number of carbonyl (C=O) groups excluding carboxylic acids is 1. The summed E-state index contributed by atoms with van der Waals surface area (Å²) in [5.74, 6) is 0.365. The Balaban J connectivity index is 0.00000155. The van der Waals surface area contributed by atoms with Crippen molar-refractivity contribution in [3.63, 3.8) is 0 Å². The Bertz CT molecular complexity index is 928. The minimum Gasteiger partial charge on any atom is -0.489 e. The number of carbonyl (C=O) groups is 1. The Hall–Kier alpha value is -3.47. The Labute approximate surface area is 179 Å². The van der Waals surface area contributed by atoms with Crippen LogP contribution in [0.4, 0.5) is 5.69 Å². The normalized spacial score (nSPS) is 13.9. The maximum absolute atomic E-state index is 12.6.